The Morgan fingerprint density at radius 2 is 1.83 bits per heavy atom. The Labute approximate surface area is 173 Å². The second-order valence-electron chi connectivity index (χ2n) is 6.87. The molecule has 1 fully saturated rings. The largest absolute Gasteiger partial charge is 0.490 e. The quantitative estimate of drug-likeness (QED) is 0.580. The molecule has 0 unspecified atom stereocenters. The topological polar surface area (TPSA) is 77.7 Å². The third-order valence-corrected chi connectivity index (χ3v) is 4.86. The van der Waals surface area contributed by atoms with Gasteiger partial charge in [-0.05, 0) is 56.3 Å². The van der Waals surface area contributed by atoms with Crippen LogP contribution in [0.3, 0.4) is 0 Å². The van der Waals surface area contributed by atoms with Crippen LogP contribution in [0.4, 0.5) is 10.1 Å². The van der Waals surface area contributed by atoms with E-state index in [0.717, 1.165) is 0 Å². The van der Waals surface area contributed by atoms with Crippen LogP contribution in [0.25, 0.3) is 11.5 Å². The van der Waals surface area contributed by atoms with Gasteiger partial charge in [0.15, 0.2) is 17.3 Å². The number of ether oxygens (including phenoxy) is 2. The van der Waals surface area contributed by atoms with Gasteiger partial charge in [0.25, 0.3) is 5.89 Å². The van der Waals surface area contributed by atoms with Gasteiger partial charge in [0.05, 0.1) is 13.2 Å². The fourth-order valence-corrected chi connectivity index (χ4v) is 3.45. The zero-order valence-electron chi connectivity index (χ0n) is 16.8. The van der Waals surface area contributed by atoms with E-state index in [1.807, 2.05) is 26.0 Å². The van der Waals surface area contributed by atoms with Crippen LogP contribution in [0.15, 0.2) is 47.0 Å². The summed E-state index contributed by atoms with van der Waals surface area (Å²) >= 11 is 0. The molecule has 1 aromatic heterocycles. The molecule has 1 atom stereocenters. The minimum absolute atomic E-state index is 0.0577. The zero-order valence-corrected chi connectivity index (χ0v) is 16.8. The van der Waals surface area contributed by atoms with Crippen LogP contribution in [-0.2, 0) is 4.79 Å². The summed E-state index contributed by atoms with van der Waals surface area (Å²) in [6.07, 6.45) is 0.268. The second-order valence-corrected chi connectivity index (χ2v) is 6.87. The predicted octanol–water partition coefficient (Wildman–Crippen LogP) is 4.19. The van der Waals surface area contributed by atoms with Gasteiger partial charge in [-0.15, -0.1) is 0 Å². The van der Waals surface area contributed by atoms with Crippen molar-refractivity contribution in [3.05, 3.63) is 54.1 Å². The maximum Gasteiger partial charge on any atom is 0.258 e. The lowest BCUT2D eigenvalue weighted by Crippen LogP contribution is -2.24. The van der Waals surface area contributed by atoms with Crippen molar-refractivity contribution >= 4 is 11.6 Å². The number of hydrogen-bond acceptors (Lipinski definition) is 6. The van der Waals surface area contributed by atoms with E-state index in [2.05, 4.69) is 10.1 Å². The van der Waals surface area contributed by atoms with Gasteiger partial charge in [-0.1, -0.05) is 5.16 Å². The molecule has 0 radical (unpaired) electrons. The molecule has 2 heterocycles. The molecule has 1 amide bonds. The van der Waals surface area contributed by atoms with Crippen LogP contribution in [0, 0.1) is 5.82 Å². The van der Waals surface area contributed by atoms with Crippen molar-refractivity contribution in [2.45, 2.75) is 26.2 Å². The number of halogens is 1. The highest BCUT2D eigenvalue weighted by Gasteiger charge is 2.34. The molecule has 8 heteroatoms. The molecular formula is C22H22FN3O4. The molecule has 30 heavy (non-hydrogen) atoms. The summed E-state index contributed by atoms with van der Waals surface area (Å²) in [5.74, 6) is 1.48. The van der Waals surface area contributed by atoms with Crippen molar-refractivity contribution < 1.29 is 23.2 Å². The molecule has 1 aliphatic heterocycles. The van der Waals surface area contributed by atoms with Crippen molar-refractivity contribution in [1.29, 1.82) is 0 Å². The van der Waals surface area contributed by atoms with Gasteiger partial charge >= 0.3 is 0 Å². The second kappa shape index (κ2) is 8.52. The molecule has 0 N–H and O–H groups in total. The molecule has 3 aromatic rings. The Balaban J connectivity index is 1.54. The number of amides is 1. The minimum Gasteiger partial charge on any atom is -0.490 e. The molecule has 2 aromatic carbocycles. The summed E-state index contributed by atoms with van der Waals surface area (Å²) < 4.78 is 29.9. The number of carbonyl (C=O) groups is 1. The van der Waals surface area contributed by atoms with E-state index in [0.29, 0.717) is 54.2 Å². The fourth-order valence-electron chi connectivity index (χ4n) is 3.45. The maximum absolute atomic E-state index is 13.2. The first-order valence-corrected chi connectivity index (χ1v) is 9.88. The average molecular weight is 411 g/mol. The maximum atomic E-state index is 13.2. The van der Waals surface area contributed by atoms with Gasteiger partial charge in [-0.3, -0.25) is 4.79 Å². The third kappa shape index (κ3) is 3.98. The first-order valence-electron chi connectivity index (χ1n) is 9.88. The zero-order chi connectivity index (χ0) is 21.1. The number of aromatic nitrogens is 2. The van der Waals surface area contributed by atoms with Crippen LogP contribution >= 0.6 is 0 Å². The lowest BCUT2D eigenvalue weighted by atomic mass is 10.1. The monoisotopic (exact) mass is 411 g/mol. The molecule has 156 valence electrons. The summed E-state index contributed by atoms with van der Waals surface area (Å²) in [4.78, 5) is 18.6. The van der Waals surface area contributed by atoms with Gasteiger partial charge < -0.3 is 18.9 Å². The number of carbonyl (C=O) groups excluding carboxylic acids is 1. The minimum atomic E-state index is -0.341. The van der Waals surface area contributed by atoms with E-state index in [4.69, 9.17) is 14.0 Å². The van der Waals surface area contributed by atoms with Gasteiger partial charge in [0, 0.05) is 30.1 Å². The smallest absolute Gasteiger partial charge is 0.258 e. The third-order valence-electron chi connectivity index (χ3n) is 4.86. The predicted molar refractivity (Wildman–Crippen MR) is 108 cm³/mol. The van der Waals surface area contributed by atoms with E-state index in [1.54, 1.807) is 23.1 Å². The van der Waals surface area contributed by atoms with Gasteiger partial charge in [-0.25, -0.2) is 4.39 Å². The van der Waals surface area contributed by atoms with Crippen molar-refractivity contribution in [3.63, 3.8) is 0 Å². The molecule has 0 saturated carbocycles. The van der Waals surface area contributed by atoms with Gasteiger partial charge in [0.1, 0.15) is 5.82 Å². The van der Waals surface area contributed by atoms with E-state index in [9.17, 15) is 9.18 Å². The van der Waals surface area contributed by atoms with E-state index < -0.39 is 0 Å². The average Bonchev–Trinajstić information content (AvgIpc) is 3.37. The standard InChI is InChI=1S/C22H22FN3O4/c1-3-28-18-10-5-14(11-19(18)29-4-2)22-24-21(25-30-22)15-12-20(27)26(13-15)17-8-6-16(23)7-9-17/h5-11,15H,3-4,12-13H2,1-2H3/t15-/m1/s1. The normalized spacial score (nSPS) is 16.2. The summed E-state index contributed by atoms with van der Waals surface area (Å²) in [5, 5.41) is 4.09. The number of anilines is 1. The number of benzene rings is 2. The number of rotatable bonds is 7. The molecule has 4 rings (SSSR count). The fraction of sp³-hybridized carbons (Fsp3) is 0.318. The lowest BCUT2D eigenvalue weighted by molar-refractivity contribution is -0.117. The van der Waals surface area contributed by atoms with E-state index in [-0.39, 0.29) is 24.1 Å². The van der Waals surface area contributed by atoms with Crippen molar-refractivity contribution in [2.75, 3.05) is 24.7 Å². The highest BCUT2D eigenvalue weighted by Crippen LogP contribution is 2.34. The SMILES string of the molecule is CCOc1ccc(-c2nc([C@@H]3CC(=O)N(c4ccc(F)cc4)C3)no2)cc1OCC. The Morgan fingerprint density at radius 3 is 2.57 bits per heavy atom. The summed E-state index contributed by atoms with van der Waals surface area (Å²) in [5.41, 5.74) is 1.36. The van der Waals surface area contributed by atoms with Gasteiger partial charge in [-0.2, -0.15) is 4.98 Å². The van der Waals surface area contributed by atoms with Crippen molar-refractivity contribution in [1.82, 2.24) is 10.1 Å². The van der Waals surface area contributed by atoms with Gasteiger partial charge in [0.2, 0.25) is 5.91 Å². The molecule has 0 bridgehead atoms. The number of nitrogens with zero attached hydrogens (tertiary/aromatic N) is 3. The Hall–Kier alpha value is -3.42. The first-order chi connectivity index (χ1) is 14.6. The van der Waals surface area contributed by atoms with E-state index in [1.165, 1.54) is 12.1 Å². The summed E-state index contributed by atoms with van der Waals surface area (Å²) in [6.45, 7) is 5.26. The Bertz CT molecular complexity index is 1040. The van der Waals surface area contributed by atoms with E-state index >= 15 is 0 Å². The Morgan fingerprint density at radius 1 is 1.10 bits per heavy atom. The Kier molecular flexibility index (Phi) is 5.65. The van der Waals surface area contributed by atoms with Crippen LogP contribution in [0.5, 0.6) is 11.5 Å². The molecule has 1 saturated heterocycles. The van der Waals surface area contributed by atoms with Crippen LogP contribution in [0.1, 0.15) is 32.0 Å². The molecule has 0 spiro atoms. The summed E-state index contributed by atoms with van der Waals surface area (Å²) in [7, 11) is 0. The van der Waals surface area contributed by atoms with Crippen LogP contribution in [-0.4, -0.2) is 35.8 Å². The van der Waals surface area contributed by atoms with Crippen LogP contribution in [0.2, 0.25) is 0 Å². The highest BCUT2D eigenvalue weighted by molar-refractivity contribution is 5.96. The molecule has 7 nitrogen and oxygen atoms in total. The van der Waals surface area contributed by atoms with Crippen LogP contribution < -0.4 is 14.4 Å². The lowest BCUT2D eigenvalue weighted by Gasteiger charge is -2.15. The molecule has 1 aliphatic rings. The highest BCUT2D eigenvalue weighted by atomic mass is 19.1. The van der Waals surface area contributed by atoms with Crippen molar-refractivity contribution in [2.24, 2.45) is 0 Å². The van der Waals surface area contributed by atoms with Crippen molar-refractivity contribution in [3.8, 4) is 23.0 Å². The molecule has 0 aliphatic carbocycles. The summed E-state index contributed by atoms with van der Waals surface area (Å²) in [6, 6.07) is 11.3. The molecular weight excluding hydrogens is 389 g/mol. The number of hydrogen-bond donors (Lipinski definition) is 0. The first kappa shape index (κ1) is 19.9.